The zero-order valence-corrected chi connectivity index (χ0v) is 11.3. The summed E-state index contributed by atoms with van der Waals surface area (Å²) in [5.74, 6) is 0. The highest BCUT2D eigenvalue weighted by Crippen LogP contribution is 2.20. The summed E-state index contributed by atoms with van der Waals surface area (Å²) in [5.41, 5.74) is -0.526. The molecule has 0 unspecified atom stereocenters. The van der Waals surface area contributed by atoms with Gasteiger partial charge in [0, 0.05) is 0 Å². The highest BCUT2D eigenvalue weighted by atomic mass is 16.6. The Morgan fingerprint density at radius 1 is 1.47 bits per heavy atom. The molecule has 1 amide bonds. The van der Waals surface area contributed by atoms with Gasteiger partial charge in [-0.05, 0) is 34.6 Å². The predicted octanol–water partition coefficient (Wildman–Crippen LogP) is 1.39. The van der Waals surface area contributed by atoms with Crippen LogP contribution in [0, 0.1) is 0 Å². The van der Waals surface area contributed by atoms with Gasteiger partial charge < -0.3 is 14.6 Å². The van der Waals surface area contributed by atoms with Crippen LogP contribution in [-0.2, 0) is 9.47 Å². The third kappa shape index (κ3) is 3.85. The van der Waals surface area contributed by atoms with E-state index >= 15 is 0 Å². The summed E-state index contributed by atoms with van der Waals surface area (Å²) in [6.45, 7) is 9.57. The van der Waals surface area contributed by atoms with Crippen molar-refractivity contribution in [1.29, 1.82) is 0 Å². The van der Waals surface area contributed by atoms with Gasteiger partial charge in [0.15, 0.2) is 0 Å². The molecule has 0 radical (unpaired) electrons. The monoisotopic (exact) mass is 245 g/mol. The van der Waals surface area contributed by atoms with Crippen LogP contribution < -0.4 is 0 Å². The van der Waals surface area contributed by atoms with Gasteiger partial charge in [-0.25, -0.2) is 4.79 Å². The molecule has 1 saturated heterocycles. The number of aliphatic hydroxyl groups is 1. The summed E-state index contributed by atoms with van der Waals surface area (Å²) in [5, 5.41) is 9.34. The fraction of sp³-hybridized carbons (Fsp3) is 0.917. The fourth-order valence-corrected chi connectivity index (χ4v) is 1.94. The Morgan fingerprint density at radius 2 is 2.06 bits per heavy atom. The van der Waals surface area contributed by atoms with Crippen LogP contribution in [0.1, 0.15) is 34.6 Å². The zero-order valence-electron chi connectivity index (χ0n) is 11.3. The van der Waals surface area contributed by atoms with Crippen LogP contribution in [0.3, 0.4) is 0 Å². The van der Waals surface area contributed by atoms with Gasteiger partial charge >= 0.3 is 6.09 Å². The van der Waals surface area contributed by atoms with Gasteiger partial charge in [-0.15, -0.1) is 0 Å². The van der Waals surface area contributed by atoms with Crippen LogP contribution in [0.5, 0.6) is 0 Å². The lowest BCUT2D eigenvalue weighted by Gasteiger charge is -2.42. The minimum Gasteiger partial charge on any atom is -0.444 e. The molecule has 0 aromatic rings. The Morgan fingerprint density at radius 3 is 2.53 bits per heavy atom. The number of rotatable bonds is 1. The Bertz CT molecular complexity index is 274. The number of carbonyl (C=O) groups excluding carboxylic acids is 1. The normalized spacial score (nSPS) is 30.2. The quantitative estimate of drug-likeness (QED) is 0.758. The number of hydrogen-bond acceptors (Lipinski definition) is 4. The molecular formula is C12H23NO4. The van der Waals surface area contributed by atoms with E-state index in [1.54, 1.807) is 4.90 Å². The van der Waals surface area contributed by atoms with E-state index in [9.17, 15) is 9.90 Å². The molecule has 3 atom stereocenters. The molecule has 1 N–H and O–H groups in total. The van der Waals surface area contributed by atoms with Crippen molar-refractivity contribution >= 4 is 6.09 Å². The van der Waals surface area contributed by atoms with Crippen molar-refractivity contribution in [1.82, 2.24) is 4.90 Å². The Kier molecular flexibility index (Phi) is 4.38. The number of amides is 1. The van der Waals surface area contributed by atoms with E-state index in [-0.39, 0.29) is 24.9 Å². The molecule has 0 aromatic carbocycles. The lowest BCUT2D eigenvalue weighted by molar-refractivity contribution is -0.114. The topological polar surface area (TPSA) is 59.0 Å². The first-order valence-corrected chi connectivity index (χ1v) is 6.00. The zero-order chi connectivity index (χ0) is 13.2. The van der Waals surface area contributed by atoms with Crippen molar-refractivity contribution < 1.29 is 19.4 Å². The summed E-state index contributed by atoms with van der Waals surface area (Å²) < 4.78 is 10.9. The second kappa shape index (κ2) is 5.23. The van der Waals surface area contributed by atoms with Crippen molar-refractivity contribution in [2.75, 3.05) is 13.2 Å². The first-order chi connectivity index (χ1) is 7.74. The van der Waals surface area contributed by atoms with Crippen LogP contribution in [0.25, 0.3) is 0 Å². The summed E-state index contributed by atoms with van der Waals surface area (Å²) in [7, 11) is 0. The number of hydrogen-bond donors (Lipinski definition) is 1. The maximum atomic E-state index is 12.0. The van der Waals surface area contributed by atoms with Gasteiger partial charge in [-0.3, -0.25) is 4.90 Å². The van der Waals surface area contributed by atoms with Gasteiger partial charge in [-0.1, -0.05) is 0 Å². The molecule has 1 heterocycles. The first-order valence-electron chi connectivity index (χ1n) is 6.00. The summed E-state index contributed by atoms with van der Waals surface area (Å²) >= 11 is 0. The highest BCUT2D eigenvalue weighted by molar-refractivity contribution is 5.68. The lowest BCUT2D eigenvalue weighted by atomic mass is 10.1. The summed E-state index contributed by atoms with van der Waals surface area (Å²) in [4.78, 5) is 13.6. The van der Waals surface area contributed by atoms with E-state index in [1.165, 1.54) is 0 Å². The summed E-state index contributed by atoms with van der Waals surface area (Å²) in [6, 6.07) is -0.332. The van der Waals surface area contributed by atoms with E-state index in [1.807, 2.05) is 34.6 Å². The second-order valence-corrected chi connectivity index (χ2v) is 5.53. The molecule has 100 valence electrons. The van der Waals surface area contributed by atoms with Crippen molar-refractivity contribution in [2.24, 2.45) is 0 Å². The summed E-state index contributed by atoms with van der Waals surface area (Å²) in [6.07, 6.45) is -0.616. The van der Waals surface area contributed by atoms with Crippen molar-refractivity contribution in [2.45, 2.75) is 58.5 Å². The molecule has 17 heavy (non-hydrogen) atoms. The SMILES string of the molecule is C[C@@H]1CN(C(=O)OC(C)(C)C)[C@H](CO)[C@H](C)O1. The molecule has 5 nitrogen and oxygen atoms in total. The highest BCUT2D eigenvalue weighted by Gasteiger charge is 2.37. The van der Waals surface area contributed by atoms with Crippen LogP contribution in [-0.4, -0.2) is 53.1 Å². The maximum Gasteiger partial charge on any atom is 0.410 e. The standard InChI is InChI=1S/C12H23NO4/c1-8-6-13(10(7-14)9(2)16-8)11(15)17-12(3,4)5/h8-10,14H,6-7H2,1-5H3/t8-,9+,10-/m1/s1. The molecule has 1 aliphatic rings. The number of carbonyl (C=O) groups is 1. The van der Waals surface area contributed by atoms with Crippen LogP contribution in [0.2, 0.25) is 0 Å². The predicted molar refractivity (Wildman–Crippen MR) is 63.8 cm³/mol. The van der Waals surface area contributed by atoms with Crippen LogP contribution in [0.4, 0.5) is 4.79 Å². The molecule has 1 aliphatic heterocycles. The van der Waals surface area contributed by atoms with E-state index in [2.05, 4.69) is 0 Å². The van der Waals surface area contributed by atoms with Crippen LogP contribution in [0.15, 0.2) is 0 Å². The third-order valence-electron chi connectivity index (χ3n) is 2.66. The Labute approximate surface area is 103 Å². The molecule has 0 spiro atoms. The van der Waals surface area contributed by atoms with E-state index in [0.29, 0.717) is 6.54 Å². The number of ether oxygens (including phenoxy) is 2. The molecular weight excluding hydrogens is 222 g/mol. The van der Waals surface area contributed by atoms with Gasteiger partial charge in [-0.2, -0.15) is 0 Å². The van der Waals surface area contributed by atoms with Gasteiger partial charge in [0.1, 0.15) is 5.60 Å². The molecule has 0 aromatic heterocycles. The number of nitrogens with zero attached hydrogens (tertiary/aromatic N) is 1. The number of aliphatic hydroxyl groups excluding tert-OH is 1. The maximum absolute atomic E-state index is 12.0. The number of morpholine rings is 1. The molecule has 0 aliphatic carbocycles. The minimum atomic E-state index is -0.526. The molecule has 5 heteroatoms. The average Bonchev–Trinajstić information content (AvgIpc) is 2.13. The molecule has 0 saturated carbocycles. The third-order valence-corrected chi connectivity index (χ3v) is 2.66. The Hall–Kier alpha value is -0.810. The molecule has 0 bridgehead atoms. The van der Waals surface area contributed by atoms with Gasteiger partial charge in [0.25, 0.3) is 0 Å². The van der Waals surface area contributed by atoms with Crippen LogP contribution >= 0.6 is 0 Å². The van der Waals surface area contributed by atoms with Crippen molar-refractivity contribution in [3.8, 4) is 0 Å². The van der Waals surface area contributed by atoms with Gasteiger partial charge in [0.05, 0.1) is 31.4 Å². The first kappa shape index (κ1) is 14.3. The van der Waals surface area contributed by atoms with E-state index in [0.717, 1.165) is 0 Å². The smallest absolute Gasteiger partial charge is 0.410 e. The fourth-order valence-electron chi connectivity index (χ4n) is 1.94. The van der Waals surface area contributed by atoms with E-state index in [4.69, 9.17) is 9.47 Å². The lowest BCUT2D eigenvalue weighted by Crippen LogP contribution is -2.57. The van der Waals surface area contributed by atoms with Crippen molar-refractivity contribution in [3.05, 3.63) is 0 Å². The average molecular weight is 245 g/mol. The Balaban J connectivity index is 2.74. The molecule has 1 fully saturated rings. The molecule has 1 rings (SSSR count). The second-order valence-electron chi connectivity index (χ2n) is 5.53. The largest absolute Gasteiger partial charge is 0.444 e. The van der Waals surface area contributed by atoms with Crippen molar-refractivity contribution in [3.63, 3.8) is 0 Å². The van der Waals surface area contributed by atoms with Gasteiger partial charge in [0.2, 0.25) is 0 Å². The minimum absolute atomic E-state index is 0.0414. The van der Waals surface area contributed by atoms with E-state index < -0.39 is 11.7 Å².